The van der Waals surface area contributed by atoms with Crippen molar-refractivity contribution in [1.29, 1.82) is 5.26 Å². The van der Waals surface area contributed by atoms with Gasteiger partial charge in [0.25, 0.3) is 0 Å². The van der Waals surface area contributed by atoms with Gasteiger partial charge in [-0.05, 0) is 38.4 Å². The lowest BCUT2D eigenvalue weighted by Crippen LogP contribution is -2.29. The van der Waals surface area contributed by atoms with Gasteiger partial charge in [0.1, 0.15) is 10.9 Å². The molecule has 13 heavy (non-hydrogen) atoms. The fourth-order valence-electron chi connectivity index (χ4n) is 1.53. The summed E-state index contributed by atoms with van der Waals surface area (Å²) in [4.78, 5) is 2.14. The first-order chi connectivity index (χ1) is 6.28. The molecule has 0 bridgehead atoms. The number of nitrogens with one attached hydrogen (secondary N) is 1. The van der Waals surface area contributed by atoms with E-state index in [2.05, 4.69) is 17.5 Å². The van der Waals surface area contributed by atoms with Crippen molar-refractivity contribution in [3.8, 4) is 6.07 Å². The average Bonchev–Trinajstić information content (AvgIpc) is 2.77. The van der Waals surface area contributed by atoms with E-state index < -0.39 is 0 Å². The summed E-state index contributed by atoms with van der Waals surface area (Å²) in [5, 5.41) is 12.0. The molecule has 0 spiro atoms. The van der Waals surface area contributed by atoms with Gasteiger partial charge in [0.15, 0.2) is 0 Å². The Hall–Kier alpha value is -0.850. The zero-order chi connectivity index (χ0) is 9.31. The molecule has 0 aromatic carbocycles. The van der Waals surface area contributed by atoms with Crippen LogP contribution in [-0.2, 0) is 6.42 Å². The van der Waals surface area contributed by atoms with Gasteiger partial charge in [-0.3, -0.25) is 0 Å². The molecule has 1 aromatic rings. The van der Waals surface area contributed by atoms with Crippen LogP contribution >= 0.6 is 11.3 Å². The maximum absolute atomic E-state index is 8.67. The van der Waals surface area contributed by atoms with E-state index >= 15 is 0 Å². The molecule has 68 valence electrons. The van der Waals surface area contributed by atoms with Crippen molar-refractivity contribution in [3.63, 3.8) is 0 Å². The Morgan fingerprint density at radius 1 is 1.62 bits per heavy atom. The summed E-state index contributed by atoms with van der Waals surface area (Å²) in [7, 11) is 2.02. The zero-order valence-electron chi connectivity index (χ0n) is 7.63. The fraction of sp³-hybridized carbons (Fsp3) is 0.500. The fourth-order valence-corrected chi connectivity index (χ4v) is 2.48. The van der Waals surface area contributed by atoms with Crippen LogP contribution in [0.2, 0.25) is 0 Å². The Morgan fingerprint density at radius 3 is 2.85 bits per heavy atom. The van der Waals surface area contributed by atoms with Gasteiger partial charge in [-0.25, -0.2) is 0 Å². The molecule has 1 heterocycles. The van der Waals surface area contributed by atoms with E-state index in [1.165, 1.54) is 17.7 Å². The van der Waals surface area contributed by atoms with Gasteiger partial charge in [-0.1, -0.05) is 0 Å². The first-order valence-corrected chi connectivity index (χ1v) is 5.27. The summed E-state index contributed by atoms with van der Waals surface area (Å²) in [6, 6.07) is 6.15. The average molecular weight is 192 g/mol. The van der Waals surface area contributed by atoms with Gasteiger partial charge in [-0.15, -0.1) is 11.3 Å². The summed E-state index contributed by atoms with van der Waals surface area (Å²) >= 11 is 1.61. The maximum Gasteiger partial charge on any atom is 0.110 e. The Morgan fingerprint density at radius 2 is 2.38 bits per heavy atom. The number of likely N-dealkylation sites (N-methyl/N-ethyl adjacent to an activating group) is 1. The Bertz CT molecular complexity index is 344. The first-order valence-electron chi connectivity index (χ1n) is 4.46. The third-order valence-corrected chi connectivity index (χ3v) is 3.66. The third-order valence-electron chi connectivity index (χ3n) is 2.67. The lowest BCUT2D eigenvalue weighted by atomic mass is 10.1. The van der Waals surface area contributed by atoms with Gasteiger partial charge in [0.2, 0.25) is 0 Å². The minimum atomic E-state index is 0.359. The minimum Gasteiger partial charge on any atom is -0.314 e. The highest BCUT2D eigenvalue weighted by molar-refractivity contribution is 7.12. The number of nitrogens with zero attached hydrogens (tertiary/aromatic N) is 1. The molecule has 3 heteroatoms. The number of nitriles is 1. The van der Waals surface area contributed by atoms with Crippen LogP contribution < -0.4 is 5.32 Å². The molecule has 0 saturated heterocycles. The quantitative estimate of drug-likeness (QED) is 0.794. The molecule has 0 radical (unpaired) electrons. The van der Waals surface area contributed by atoms with Crippen LogP contribution in [-0.4, -0.2) is 12.6 Å². The van der Waals surface area contributed by atoms with Crippen LogP contribution in [0.3, 0.4) is 0 Å². The smallest absolute Gasteiger partial charge is 0.110 e. The highest BCUT2D eigenvalue weighted by Crippen LogP contribution is 2.39. The molecule has 1 aromatic heterocycles. The van der Waals surface area contributed by atoms with Crippen molar-refractivity contribution >= 4 is 11.3 Å². The van der Waals surface area contributed by atoms with E-state index in [1.54, 1.807) is 11.3 Å². The molecule has 1 aliphatic carbocycles. The van der Waals surface area contributed by atoms with Gasteiger partial charge in [0.05, 0.1) is 0 Å². The molecular formula is C10H12N2S. The second-order valence-electron chi connectivity index (χ2n) is 3.58. The van der Waals surface area contributed by atoms with Crippen LogP contribution in [0, 0.1) is 11.3 Å². The van der Waals surface area contributed by atoms with Crippen LogP contribution in [0.15, 0.2) is 12.1 Å². The Labute approximate surface area is 82.2 Å². The second-order valence-corrected chi connectivity index (χ2v) is 4.75. The minimum absolute atomic E-state index is 0.359. The summed E-state index contributed by atoms with van der Waals surface area (Å²) in [6.45, 7) is 0. The van der Waals surface area contributed by atoms with E-state index in [1.807, 2.05) is 13.1 Å². The standard InChI is InChI=1S/C10H12N2S/c1-12-10(4-5-10)6-8-2-3-9(7-11)13-8/h2-3,12H,4-6H2,1H3. The molecule has 2 rings (SSSR count). The molecule has 1 fully saturated rings. The monoisotopic (exact) mass is 192 g/mol. The largest absolute Gasteiger partial charge is 0.314 e. The summed E-state index contributed by atoms with van der Waals surface area (Å²) in [5.41, 5.74) is 0.359. The summed E-state index contributed by atoms with van der Waals surface area (Å²) in [5.74, 6) is 0. The van der Waals surface area contributed by atoms with Crippen LogP contribution in [0.1, 0.15) is 22.6 Å². The van der Waals surface area contributed by atoms with Gasteiger partial charge >= 0.3 is 0 Å². The topological polar surface area (TPSA) is 35.8 Å². The van der Waals surface area contributed by atoms with E-state index in [0.717, 1.165) is 11.3 Å². The SMILES string of the molecule is CNC1(Cc2ccc(C#N)s2)CC1. The molecule has 0 unspecified atom stereocenters. The highest BCUT2D eigenvalue weighted by atomic mass is 32.1. The Kier molecular flexibility index (Phi) is 2.10. The van der Waals surface area contributed by atoms with Crippen molar-refractivity contribution in [2.24, 2.45) is 0 Å². The molecule has 1 aliphatic rings. The normalized spacial score (nSPS) is 18.2. The summed E-state index contributed by atoms with van der Waals surface area (Å²) < 4.78 is 0. The molecule has 1 saturated carbocycles. The van der Waals surface area contributed by atoms with Gasteiger partial charge in [0, 0.05) is 10.4 Å². The zero-order valence-corrected chi connectivity index (χ0v) is 8.45. The predicted molar refractivity (Wildman–Crippen MR) is 53.8 cm³/mol. The van der Waals surface area contributed by atoms with E-state index in [-0.39, 0.29) is 0 Å². The van der Waals surface area contributed by atoms with Crippen molar-refractivity contribution in [3.05, 3.63) is 21.9 Å². The Balaban J connectivity index is 2.06. The van der Waals surface area contributed by atoms with Crippen molar-refractivity contribution in [1.82, 2.24) is 5.32 Å². The molecular weight excluding hydrogens is 180 g/mol. The third kappa shape index (κ3) is 1.74. The van der Waals surface area contributed by atoms with Crippen LogP contribution in [0.25, 0.3) is 0 Å². The number of thiophene rings is 1. The molecule has 2 nitrogen and oxygen atoms in total. The highest BCUT2D eigenvalue weighted by Gasteiger charge is 2.41. The maximum atomic E-state index is 8.67. The predicted octanol–water partition coefficient (Wildman–Crippen LogP) is 1.91. The molecule has 0 atom stereocenters. The van der Waals surface area contributed by atoms with Gasteiger partial charge < -0.3 is 5.32 Å². The first kappa shape index (κ1) is 8.74. The van der Waals surface area contributed by atoms with E-state index in [4.69, 9.17) is 5.26 Å². The lowest BCUT2D eigenvalue weighted by Gasteiger charge is -2.11. The van der Waals surface area contributed by atoms with Crippen LogP contribution in [0.4, 0.5) is 0 Å². The number of hydrogen-bond donors (Lipinski definition) is 1. The second kappa shape index (κ2) is 3.13. The summed E-state index contributed by atoms with van der Waals surface area (Å²) in [6.07, 6.45) is 3.61. The number of rotatable bonds is 3. The van der Waals surface area contributed by atoms with Gasteiger partial charge in [-0.2, -0.15) is 5.26 Å². The molecule has 0 aliphatic heterocycles. The van der Waals surface area contributed by atoms with Crippen molar-refractivity contribution in [2.45, 2.75) is 24.8 Å². The molecule has 0 amide bonds. The van der Waals surface area contributed by atoms with Crippen molar-refractivity contribution < 1.29 is 0 Å². The van der Waals surface area contributed by atoms with E-state index in [0.29, 0.717) is 5.54 Å². The lowest BCUT2D eigenvalue weighted by molar-refractivity contribution is 0.553. The van der Waals surface area contributed by atoms with Crippen LogP contribution in [0.5, 0.6) is 0 Å². The van der Waals surface area contributed by atoms with Crippen molar-refractivity contribution in [2.75, 3.05) is 7.05 Å². The molecule has 1 N–H and O–H groups in total. The van der Waals surface area contributed by atoms with E-state index in [9.17, 15) is 0 Å². The number of hydrogen-bond acceptors (Lipinski definition) is 3.